The quantitative estimate of drug-likeness (QED) is 0.138. The summed E-state index contributed by atoms with van der Waals surface area (Å²) < 4.78 is 51.5. The summed E-state index contributed by atoms with van der Waals surface area (Å²) in [5, 5.41) is 10.1. The lowest BCUT2D eigenvalue weighted by Gasteiger charge is -2.09. The fourth-order valence-corrected chi connectivity index (χ4v) is 5.71. The molecule has 0 aliphatic heterocycles. The minimum absolute atomic E-state index is 0.284. The van der Waals surface area contributed by atoms with Crippen molar-refractivity contribution in [1.82, 2.24) is 14.5 Å². The summed E-state index contributed by atoms with van der Waals surface area (Å²) in [6.45, 7) is 0. The Bertz CT molecular complexity index is 1740. The first kappa shape index (κ1) is 28.0. The maximum absolute atomic E-state index is 12.5. The van der Waals surface area contributed by atoms with Gasteiger partial charge in [0, 0.05) is 38.5 Å². The molecule has 2 N–H and O–H groups in total. The molecule has 0 spiro atoms. The molecule has 0 saturated heterocycles. The fraction of sp³-hybridized carbons (Fsp3) is 0.0741. The smallest absolute Gasteiger partial charge is 0.406 e. The van der Waals surface area contributed by atoms with Crippen molar-refractivity contribution in [2.45, 2.75) is 6.36 Å². The summed E-state index contributed by atoms with van der Waals surface area (Å²) in [5.41, 5.74) is 3.68. The van der Waals surface area contributed by atoms with Crippen molar-refractivity contribution in [2.24, 2.45) is 11.4 Å². The van der Waals surface area contributed by atoms with E-state index in [4.69, 9.17) is 0 Å². The van der Waals surface area contributed by atoms with E-state index in [1.54, 1.807) is 30.1 Å². The Morgan fingerprint density at radius 2 is 1.73 bits per heavy atom. The van der Waals surface area contributed by atoms with Gasteiger partial charge in [0.1, 0.15) is 11.3 Å². The summed E-state index contributed by atoms with van der Waals surface area (Å²) >= 11 is 7.69. The molecular weight excluding hydrogens is 675 g/mol. The molecule has 13 heteroatoms. The second kappa shape index (κ2) is 11.5. The summed E-state index contributed by atoms with van der Waals surface area (Å²) in [7, 11) is 1.79. The summed E-state index contributed by atoms with van der Waals surface area (Å²) in [5.74, 6) is -0.284. The van der Waals surface area contributed by atoms with Gasteiger partial charge in [0.25, 0.3) is 0 Å². The van der Waals surface area contributed by atoms with Gasteiger partial charge in [0.15, 0.2) is 0 Å². The predicted octanol–water partition coefficient (Wildman–Crippen LogP) is 8.62. The first-order chi connectivity index (χ1) is 19.1. The number of benzene rings is 4. The number of carbonyl (C=O) groups excluding carboxylic acids is 1. The lowest BCUT2D eigenvalue weighted by atomic mass is 10.0. The van der Waals surface area contributed by atoms with Crippen LogP contribution in [0.15, 0.2) is 86.1 Å². The van der Waals surface area contributed by atoms with E-state index in [9.17, 15) is 18.0 Å². The molecule has 0 atom stereocenters. The fourth-order valence-electron chi connectivity index (χ4n) is 4.15. The van der Waals surface area contributed by atoms with Gasteiger partial charge in [-0.2, -0.15) is 5.10 Å². The van der Waals surface area contributed by atoms with Gasteiger partial charge in [-0.15, -0.1) is 13.2 Å². The molecule has 0 saturated carbocycles. The minimum atomic E-state index is -4.75. The van der Waals surface area contributed by atoms with Gasteiger partial charge in [-0.3, -0.25) is 9.40 Å². The van der Waals surface area contributed by atoms with E-state index in [0.717, 1.165) is 54.0 Å². The van der Waals surface area contributed by atoms with E-state index in [-0.39, 0.29) is 5.75 Å². The highest BCUT2D eigenvalue weighted by atomic mass is 79.9. The number of para-hydroxylation sites is 1. The largest absolute Gasteiger partial charge is 0.573 e. The molecule has 1 heterocycles. The number of nitrogens with one attached hydrogen (secondary N) is 2. The third-order valence-corrected chi connectivity index (χ3v) is 7.61. The number of rotatable bonds is 6. The van der Waals surface area contributed by atoms with Gasteiger partial charge in [0.2, 0.25) is 0 Å². The van der Waals surface area contributed by atoms with E-state index in [1.807, 2.05) is 48.5 Å². The van der Waals surface area contributed by atoms with Crippen molar-refractivity contribution in [1.29, 1.82) is 0 Å². The number of anilines is 1. The van der Waals surface area contributed by atoms with Crippen LogP contribution in [0.3, 0.4) is 0 Å². The molecule has 7 nitrogen and oxygen atoms in total. The van der Waals surface area contributed by atoms with Crippen molar-refractivity contribution in [2.75, 3.05) is 5.32 Å². The molecule has 0 unspecified atom stereocenters. The topological polar surface area (TPSA) is 80.5 Å². The van der Waals surface area contributed by atoms with Gasteiger partial charge in [-0.05, 0) is 91.3 Å². The van der Waals surface area contributed by atoms with Gasteiger partial charge in [-0.25, -0.2) is 9.19 Å². The number of carbonyl (C=O) groups is 1. The number of aromatic nitrogens is 2. The molecule has 4 aromatic carbocycles. The molecule has 40 heavy (non-hydrogen) atoms. The van der Waals surface area contributed by atoms with E-state index in [2.05, 4.69) is 56.1 Å². The number of urea groups is 1. The van der Waals surface area contributed by atoms with Crippen LogP contribution in [0.4, 0.5) is 23.7 Å². The first-order valence-electron chi connectivity index (χ1n) is 11.5. The third-order valence-electron chi connectivity index (χ3n) is 5.80. The second-order valence-electron chi connectivity index (χ2n) is 8.47. The maximum Gasteiger partial charge on any atom is 0.573 e. The number of aryl methyl sites for hydroxylation is 1. The number of amides is 2. The van der Waals surface area contributed by atoms with Crippen molar-refractivity contribution < 1.29 is 22.7 Å². The van der Waals surface area contributed by atoms with Gasteiger partial charge < -0.3 is 10.1 Å². The van der Waals surface area contributed by atoms with Gasteiger partial charge in [0.05, 0.1) is 23.5 Å². The van der Waals surface area contributed by atoms with Crippen LogP contribution >= 0.6 is 44.0 Å². The van der Waals surface area contributed by atoms with E-state index in [0.29, 0.717) is 11.3 Å². The molecule has 0 bridgehead atoms. The van der Waals surface area contributed by atoms with Crippen LogP contribution in [0.25, 0.3) is 32.9 Å². The zero-order chi connectivity index (χ0) is 28.4. The Morgan fingerprint density at radius 1 is 1.02 bits per heavy atom. The van der Waals surface area contributed by atoms with Crippen molar-refractivity contribution in [3.8, 4) is 17.0 Å². The highest BCUT2D eigenvalue weighted by Crippen LogP contribution is 2.34. The molecule has 0 aliphatic rings. The van der Waals surface area contributed by atoms with Crippen LogP contribution in [-0.4, -0.2) is 28.4 Å². The van der Waals surface area contributed by atoms with E-state index in [1.165, 1.54) is 12.1 Å². The average molecular weight is 693 g/mol. The molecule has 0 fully saturated rings. The van der Waals surface area contributed by atoms with Crippen LogP contribution in [-0.2, 0) is 7.05 Å². The molecule has 5 aromatic rings. The highest BCUT2D eigenvalue weighted by molar-refractivity contribution is 9.11. The van der Waals surface area contributed by atoms with E-state index < -0.39 is 12.4 Å². The molecule has 2 amide bonds. The SMILES string of the molecule is Cn1nc2c(ccc3cc(C=NSNC(=O)Nc4c(Br)cccc4Br)ccc32)c1-c1ccc(OC(F)(F)F)cc1. The maximum atomic E-state index is 12.5. The number of nitrogens with zero attached hydrogens (tertiary/aromatic N) is 3. The predicted molar refractivity (Wildman–Crippen MR) is 160 cm³/mol. The monoisotopic (exact) mass is 691 g/mol. The second-order valence-corrected chi connectivity index (χ2v) is 10.8. The molecule has 0 radical (unpaired) electrons. The normalized spacial score (nSPS) is 11.8. The summed E-state index contributed by atoms with van der Waals surface area (Å²) in [6.07, 6.45) is -3.11. The first-order valence-corrected chi connectivity index (χ1v) is 13.9. The molecule has 1 aromatic heterocycles. The third kappa shape index (κ3) is 6.26. The Hall–Kier alpha value is -3.55. The number of hydrogen-bond acceptors (Lipinski definition) is 5. The Labute approximate surface area is 247 Å². The summed E-state index contributed by atoms with van der Waals surface area (Å²) in [6, 6.07) is 20.4. The number of alkyl halides is 3. The van der Waals surface area contributed by atoms with E-state index >= 15 is 0 Å². The van der Waals surface area contributed by atoms with Crippen molar-refractivity contribution in [3.63, 3.8) is 0 Å². The molecule has 204 valence electrons. The van der Waals surface area contributed by atoms with Gasteiger partial charge >= 0.3 is 12.4 Å². The Morgan fingerprint density at radius 3 is 2.42 bits per heavy atom. The van der Waals surface area contributed by atoms with Gasteiger partial charge in [-0.1, -0.05) is 24.3 Å². The zero-order valence-electron chi connectivity index (χ0n) is 20.5. The molecular formula is C27H18Br2F3N5O2S. The summed E-state index contributed by atoms with van der Waals surface area (Å²) in [4.78, 5) is 12.2. The highest BCUT2D eigenvalue weighted by Gasteiger charge is 2.31. The number of ether oxygens (including phenoxy) is 1. The average Bonchev–Trinajstić information content (AvgIpc) is 3.24. The standard InChI is InChI=1S/C27H18Br2F3N5O2S/c1-37-25(16-6-9-18(10-7-16)39-27(30,31)32)20-12-8-17-13-15(5-11-19(17)23(20)35-37)14-33-40-36-26(38)34-24-21(28)3-2-4-22(24)29/h2-14H,1H3,(H2,34,36,38). The number of hydrogen-bond donors (Lipinski definition) is 2. The molecule has 0 aliphatic carbocycles. The number of fused-ring (bicyclic) bond motifs is 3. The van der Waals surface area contributed by atoms with Crippen molar-refractivity contribution in [3.05, 3.63) is 87.3 Å². The van der Waals surface area contributed by atoms with Crippen LogP contribution in [0.2, 0.25) is 0 Å². The van der Waals surface area contributed by atoms with Crippen LogP contribution < -0.4 is 14.8 Å². The Balaban J connectivity index is 1.30. The lowest BCUT2D eigenvalue weighted by Crippen LogP contribution is -2.22. The Kier molecular flexibility index (Phi) is 8.06. The zero-order valence-corrected chi connectivity index (χ0v) is 24.5. The van der Waals surface area contributed by atoms with Crippen LogP contribution in [0.1, 0.15) is 5.56 Å². The number of halogens is 5. The van der Waals surface area contributed by atoms with Crippen LogP contribution in [0.5, 0.6) is 5.75 Å². The van der Waals surface area contributed by atoms with Crippen molar-refractivity contribution >= 4 is 83.6 Å². The lowest BCUT2D eigenvalue weighted by molar-refractivity contribution is -0.274. The molecule has 5 rings (SSSR count). The van der Waals surface area contributed by atoms with Crippen LogP contribution in [0, 0.1) is 0 Å². The minimum Gasteiger partial charge on any atom is -0.406 e.